The van der Waals surface area contributed by atoms with E-state index in [1.165, 1.54) is 16.9 Å². The fourth-order valence-electron chi connectivity index (χ4n) is 1.40. The second-order valence-electron chi connectivity index (χ2n) is 3.68. The molecule has 0 atom stereocenters. The second-order valence-corrected chi connectivity index (χ2v) is 4.08. The van der Waals surface area contributed by atoms with Crippen LogP contribution < -0.4 is 5.32 Å². The molecule has 0 bridgehead atoms. The van der Waals surface area contributed by atoms with E-state index < -0.39 is 10.8 Å². The highest BCUT2D eigenvalue weighted by atomic mass is 35.5. The molecule has 104 valence electrons. The molecular formula is C10H9ClN6O3. The molecule has 20 heavy (non-hydrogen) atoms. The summed E-state index contributed by atoms with van der Waals surface area (Å²) >= 11 is 5.85. The minimum atomic E-state index is -0.644. The summed E-state index contributed by atoms with van der Waals surface area (Å²) < 4.78 is 0. The second kappa shape index (κ2) is 5.61. The molecule has 0 saturated carbocycles. The number of nitrogens with zero attached hydrogens (tertiary/aromatic N) is 5. The van der Waals surface area contributed by atoms with Crippen molar-refractivity contribution in [2.45, 2.75) is 13.5 Å². The molecule has 0 radical (unpaired) electrons. The van der Waals surface area contributed by atoms with Crippen molar-refractivity contribution >= 4 is 29.1 Å². The van der Waals surface area contributed by atoms with E-state index >= 15 is 0 Å². The van der Waals surface area contributed by atoms with Gasteiger partial charge in [-0.05, 0) is 18.2 Å². The van der Waals surface area contributed by atoms with Gasteiger partial charge in [0.25, 0.3) is 17.5 Å². The van der Waals surface area contributed by atoms with Crippen LogP contribution >= 0.6 is 11.6 Å². The van der Waals surface area contributed by atoms with Gasteiger partial charge >= 0.3 is 0 Å². The molecule has 0 aliphatic heterocycles. The minimum absolute atomic E-state index is 0.000534. The fourth-order valence-corrected chi connectivity index (χ4v) is 1.60. The minimum Gasteiger partial charge on any atom is -0.288 e. The summed E-state index contributed by atoms with van der Waals surface area (Å²) in [7, 11) is 0. The number of aryl methyl sites for hydroxylation is 1. The zero-order chi connectivity index (χ0) is 14.7. The molecule has 0 aliphatic carbocycles. The predicted octanol–water partition coefficient (Wildman–Crippen LogP) is 1.51. The average Bonchev–Trinajstić information content (AvgIpc) is 2.86. The Kier molecular flexibility index (Phi) is 3.89. The SMILES string of the molecule is CCn1nnc(NC(=O)c2cc([N+](=O)[O-])ccc2Cl)n1. The van der Waals surface area contributed by atoms with Crippen molar-refractivity contribution in [3.63, 3.8) is 0 Å². The van der Waals surface area contributed by atoms with Crippen LogP contribution in [0.4, 0.5) is 11.6 Å². The number of hydrogen-bond acceptors (Lipinski definition) is 6. The number of nitrogens with one attached hydrogen (secondary N) is 1. The Morgan fingerprint density at radius 3 is 2.90 bits per heavy atom. The lowest BCUT2D eigenvalue weighted by atomic mass is 10.2. The van der Waals surface area contributed by atoms with Crippen molar-refractivity contribution in [2.24, 2.45) is 0 Å². The maximum absolute atomic E-state index is 12.0. The van der Waals surface area contributed by atoms with Crippen molar-refractivity contribution in [2.75, 3.05) is 5.32 Å². The molecule has 0 unspecified atom stereocenters. The van der Waals surface area contributed by atoms with Crippen LogP contribution in [0.2, 0.25) is 5.02 Å². The molecular weight excluding hydrogens is 288 g/mol. The number of rotatable bonds is 4. The van der Waals surface area contributed by atoms with Crippen molar-refractivity contribution in [1.29, 1.82) is 0 Å². The van der Waals surface area contributed by atoms with Crippen LogP contribution in [0.25, 0.3) is 0 Å². The van der Waals surface area contributed by atoms with Gasteiger partial charge in [0.05, 0.1) is 22.1 Å². The lowest BCUT2D eigenvalue weighted by Gasteiger charge is -2.03. The number of tetrazole rings is 1. The molecule has 0 saturated heterocycles. The zero-order valence-electron chi connectivity index (χ0n) is 10.3. The van der Waals surface area contributed by atoms with Crippen LogP contribution in [0.1, 0.15) is 17.3 Å². The number of carbonyl (C=O) groups excluding carboxylic acids is 1. The van der Waals surface area contributed by atoms with Crippen LogP contribution in [0, 0.1) is 10.1 Å². The number of aromatic nitrogens is 4. The van der Waals surface area contributed by atoms with Gasteiger partial charge < -0.3 is 0 Å². The van der Waals surface area contributed by atoms with Crippen molar-refractivity contribution in [1.82, 2.24) is 20.2 Å². The summed E-state index contributed by atoms with van der Waals surface area (Å²) in [6.45, 7) is 2.31. The Bertz CT molecular complexity index is 671. The van der Waals surface area contributed by atoms with Gasteiger partial charge in [0.15, 0.2) is 0 Å². The Balaban J connectivity index is 2.24. The monoisotopic (exact) mass is 296 g/mol. The molecule has 1 aromatic heterocycles. The van der Waals surface area contributed by atoms with E-state index in [9.17, 15) is 14.9 Å². The van der Waals surface area contributed by atoms with Crippen LogP contribution in [0.5, 0.6) is 0 Å². The fraction of sp³-hybridized carbons (Fsp3) is 0.200. The van der Waals surface area contributed by atoms with Crippen LogP contribution in [0.15, 0.2) is 18.2 Å². The molecule has 2 rings (SSSR count). The third-order valence-corrected chi connectivity index (χ3v) is 2.70. The first kappa shape index (κ1) is 13.9. The topological polar surface area (TPSA) is 116 Å². The lowest BCUT2D eigenvalue weighted by Crippen LogP contribution is -2.14. The molecule has 1 N–H and O–H groups in total. The number of carbonyl (C=O) groups is 1. The summed E-state index contributed by atoms with van der Waals surface area (Å²) in [5.41, 5.74) is -0.265. The molecule has 2 aromatic rings. The highest BCUT2D eigenvalue weighted by Crippen LogP contribution is 2.22. The Morgan fingerprint density at radius 1 is 1.55 bits per heavy atom. The highest BCUT2D eigenvalue weighted by molar-refractivity contribution is 6.34. The Morgan fingerprint density at radius 2 is 2.30 bits per heavy atom. The molecule has 9 nitrogen and oxygen atoms in total. The maximum atomic E-state index is 12.0. The van der Waals surface area contributed by atoms with Crippen molar-refractivity contribution < 1.29 is 9.72 Å². The summed E-state index contributed by atoms with van der Waals surface area (Å²) in [5, 5.41) is 24.3. The molecule has 0 fully saturated rings. The van der Waals surface area contributed by atoms with Gasteiger partial charge in [0, 0.05) is 12.1 Å². The first-order valence-electron chi connectivity index (χ1n) is 5.54. The van der Waals surface area contributed by atoms with E-state index in [2.05, 4.69) is 20.7 Å². The lowest BCUT2D eigenvalue weighted by molar-refractivity contribution is -0.384. The summed E-state index contributed by atoms with van der Waals surface area (Å²) in [4.78, 5) is 23.3. The van der Waals surface area contributed by atoms with Crippen LogP contribution in [-0.2, 0) is 6.54 Å². The van der Waals surface area contributed by atoms with E-state index in [4.69, 9.17) is 11.6 Å². The van der Waals surface area contributed by atoms with Crippen molar-refractivity contribution in [3.8, 4) is 0 Å². The van der Waals surface area contributed by atoms with E-state index in [0.29, 0.717) is 6.54 Å². The molecule has 1 amide bonds. The number of benzene rings is 1. The smallest absolute Gasteiger partial charge is 0.270 e. The van der Waals surface area contributed by atoms with E-state index in [1.807, 2.05) is 6.92 Å². The third-order valence-electron chi connectivity index (χ3n) is 2.37. The first-order valence-corrected chi connectivity index (χ1v) is 5.92. The number of anilines is 1. The standard InChI is InChI=1S/C10H9ClN6O3/c1-2-16-14-10(13-15-16)12-9(18)7-5-6(17(19)20)3-4-8(7)11/h3-5H,2H2,1H3,(H,12,14,18). The summed E-state index contributed by atoms with van der Waals surface area (Å²) in [6, 6.07) is 3.58. The van der Waals surface area contributed by atoms with Gasteiger partial charge in [-0.2, -0.15) is 4.80 Å². The molecule has 1 aromatic carbocycles. The maximum Gasteiger partial charge on any atom is 0.270 e. The van der Waals surface area contributed by atoms with Crippen LogP contribution in [0.3, 0.4) is 0 Å². The molecule has 0 aliphatic rings. The van der Waals surface area contributed by atoms with Gasteiger partial charge in [0.1, 0.15) is 0 Å². The van der Waals surface area contributed by atoms with Gasteiger partial charge in [-0.25, -0.2) is 0 Å². The predicted molar refractivity (Wildman–Crippen MR) is 69.6 cm³/mol. The first-order chi connectivity index (χ1) is 9.51. The van der Waals surface area contributed by atoms with Crippen molar-refractivity contribution in [3.05, 3.63) is 38.9 Å². The zero-order valence-corrected chi connectivity index (χ0v) is 11.0. The van der Waals surface area contributed by atoms with Gasteiger partial charge in [-0.3, -0.25) is 20.2 Å². The quantitative estimate of drug-likeness (QED) is 0.675. The Labute approximate surface area is 117 Å². The number of amides is 1. The number of nitro benzene ring substituents is 1. The van der Waals surface area contributed by atoms with Gasteiger partial charge in [-0.15, -0.1) is 5.10 Å². The van der Waals surface area contributed by atoms with E-state index in [-0.39, 0.29) is 22.2 Å². The van der Waals surface area contributed by atoms with Gasteiger partial charge in [0.2, 0.25) is 0 Å². The summed E-state index contributed by atoms with van der Waals surface area (Å²) in [6.07, 6.45) is 0. The highest BCUT2D eigenvalue weighted by Gasteiger charge is 2.17. The number of non-ortho nitro benzene ring substituents is 1. The largest absolute Gasteiger partial charge is 0.288 e. The van der Waals surface area contributed by atoms with Gasteiger partial charge in [-0.1, -0.05) is 16.7 Å². The number of hydrogen-bond donors (Lipinski definition) is 1. The normalized spacial score (nSPS) is 10.3. The number of nitro groups is 1. The molecule has 10 heteroatoms. The molecule has 0 spiro atoms. The van der Waals surface area contributed by atoms with E-state index in [1.54, 1.807) is 0 Å². The molecule has 1 heterocycles. The number of halogens is 1. The Hall–Kier alpha value is -2.55. The van der Waals surface area contributed by atoms with Crippen LogP contribution in [-0.4, -0.2) is 31.0 Å². The van der Waals surface area contributed by atoms with E-state index in [0.717, 1.165) is 6.07 Å². The summed E-state index contributed by atoms with van der Waals surface area (Å²) in [5.74, 6) is -0.645. The average molecular weight is 297 g/mol. The third kappa shape index (κ3) is 2.88.